The number of thioether (sulfide) groups is 4. The molecule has 2 unspecified atom stereocenters. The Morgan fingerprint density at radius 2 is 1.40 bits per heavy atom. The average Bonchev–Trinajstić information content (AvgIpc) is 1.69. The summed E-state index contributed by atoms with van der Waals surface area (Å²) in [4.78, 5) is 192. The molecule has 3 fully saturated rings. The van der Waals surface area contributed by atoms with E-state index in [0.29, 0.717) is 11.2 Å². The molecule has 35 nitrogen and oxygen atoms in total. The molecule has 0 spiro atoms. The zero-order chi connectivity index (χ0) is 67.8. The van der Waals surface area contributed by atoms with E-state index in [1.807, 2.05) is 0 Å². The van der Waals surface area contributed by atoms with Gasteiger partial charge in [0.1, 0.15) is 60.4 Å². The first kappa shape index (κ1) is 74.5. The van der Waals surface area contributed by atoms with Crippen LogP contribution >= 0.6 is 47.0 Å². The van der Waals surface area contributed by atoms with Gasteiger partial charge >= 0.3 is 5.97 Å². The van der Waals surface area contributed by atoms with Gasteiger partial charge in [-0.25, -0.2) is 0 Å². The summed E-state index contributed by atoms with van der Waals surface area (Å²) in [6.45, 7) is -1.05. The monoisotopic (exact) mass is 1360 g/mol. The number of amides is 12. The van der Waals surface area contributed by atoms with E-state index in [0.717, 1.165) is 57.3 Å². The Kier molecular flexibility index (Phi) is 29.2. The van der Waals surface area contributed by atoms with Crippen molar-refractivity contribution < 1.29 is 72.5 Å². The fraction of sp³-hybridized carbons (Fsp3) is 0.566. The number of aromatic nitrogens is 1. The number of H-pyrrole nitrogens is 1. The van der Waals surface area contributed by atoms with Crippen LogP contribution in [0.15, 0.2) is 40.3 Å². The predicted octanol–water partition coefficient (Wildman–Crippen LogP) is -7.58. The van der Waals surface area contributed by atoms with E-state index in [-0.39, 0.29) is 93.8 Å². The quantitative estimate of drug-likeness (QED) is 0.0249. The molecule has 0 saturated carbocycles. The van der Waals surface area contributed by atoms with Crippen molar-refractivity contribution >= 4 is 147 Å². The Morgan fingerprint density at radius 1 is 0.761 bits per heavy atom. The zero-order valence-corrected chi connectivity index (χ0v) is 53.6. The number of carboxylic acid groups (broad SMARTS) is 1. The summed E-state index contributed by atoms with van der Waals surface area (Å²) in [6, 6.07) is -6.59. The lowest BCUT2D eigenvalue weighted by atomic mass is 10.1. The number of nitrogens with two attached hydrogens (primary N) is 6. The summed E-state index contributed by atoms with van der Waals surface area (Å²) in [7, 11) is 0. The normalized spacial score (nSPS) is 23.6. The number of aliphatic carboxylic acids is 1. The second kappa shape index (κ2) is 36.1. The minimum atomic E-state index is -1.87. The maximum atomic E-state index is 15.0. The van der Waals surface area contributed by atoms with Crippen LogP contribution in [-0.2, 0) is 68.7 Å². The first-order valence-electron chi connectivity index (χ1n) is 28.9. The van der Waals surface area contributed by atoms with Gasteiger partial charge in [-0.2, -0.15) is 0 Å². The molecule has 3 aliphatic rings. The van der Waals surface area contributed by atoms with Crippen molar-refractivity contribution in [2.24, 2.45) is 44.4 Å². The number of guanidine groups is 2. The number of nitrogens with zero attached hydrogens (tertiary/aromatic N) is 3. The van der Waals surface area contributed by atoms with Crippen LogP contribution in [0.25, 0.3) is 10.9 Å². The van der Waals surface area contributed by atoms with Gasteiger partial charge in [0.2, 0.25) is 70.9 Å². The van der Waals surface area contributed by atoms with Crippen molar-refractivity contribution in [2.75, 3.05) is 62.8 Å². The summed E-state index contributed by atoms with van der Waals surface area (Å²) in [6.07, 6.45) is 0.580. The van der Waals surface area contributed by atoms with E-state index < -0.39 is 166 Å². The van der Waals surface area contributed by atoms with Gasteiger partial charge < -0.3 is 108 Å². The molecule has 3 saturated heterocycles. The number of carbonyl (C=O) groups excluding carboxylic acids is 12. The van der Waals surface area contributed by atoms with Gasteiger partial charge in [-0.05, 0) is 69.2 Å². The highest BCUT2D eigenvalue weighted by molar-refractivity contribution is 8.47. The van der Waals surface area contributed by atoms with Crippen molar-refractivity contribution in [3.05, 3.63) is 36.0 Å². The van der Waals surface area contributed by atoms with Crippen LogP contribution in [-0.4, -0.2) is 235 Å². The fourth-order valence-corrected chi connectivity index (χ4v) is 15.6. The van der Waals surface area contributed by atoms with E-state index in [4.69, 9.17) is 34.4 Å². The van der Waals surface area contributed by atoms with E-state index in [2.05, 4.69) is 68.1 Å². The molecular weight excluding hydrogens is 1280 g/mol. The van der Waals surface area contributed by atoms with Crippen LogP contribution < -0.4 is 87.6 Å². The molecule has 12 amide bonds. The number of aliphatic imine (C=N–C) groups is 2. The highest BCUT2D eigenvalue weighted by Crippen LogP contribution is 2.55. The number of rotatable bonds is 25. The van der Waals surface area contributed by atoms with Gasteiger partial charge in [0, 0.05) is 54.5 Å². The van der Waals surface area contributed by atoms with Gasteiger partial charge in [-0.1, -0.05) is 18.2 Å². The summed E-state index contributed by atoms with van der Waals surface area (Å²) < 4.78 is -1.28. The first-order chi connectivity index (χ1) is 43.7. The van der Waals surface area contributed by atoms with Crippen LogP contribution in [0.5, 0.6) is 0 Å². The molecule has 5 rings (SSSR count). The molecular formula is C53H80N20O15S4. The molecule has 2 aromatic rings. The SMILES string of the molecule is CSC12SC[C@H](NC(=O)CN)C(=O)N[C@@H](CS1)C(=O)N[C@@H](CO)C(=O)N[C@@H](CC(=O)O)C(=O)N1CCCC1C(=O)N[C@@H](CCCN=C(N)N)C(=O)N[C@H](C(=O)N[C@@H](C)C(=O)N[C@@H](Cc1cc3ccccc3[nH]1)C(=O)N[C@@H](CCCN=C(N)N)C(=O)NCC(N)=O)CS2. The Bertz CT molecular complexity index is 3070. The van der Waals surface area contributed by atoms with Gasteiger partial charge in [-0.3, -0.25) is 72.3 Å². The Hall–Kier alpha value is -8.27. The topological polar surface area (TPSA) is 583 Å². The second-order valence-corrected chi connectivity index (χ2v) is 27.5. The number of primary amides is 1. The molecule has 4 heterocycles. The van der Waals surface area contributed by atoms with Crippen LogP contribution in [0.2, 0.25) is 0 Å². The second-order valence-electron chi connectivity index (χ2n) is 21.3. The number of carboxylic acids is 1. The minimum Gasteiger partial charge on any atom is -0.481 e. The molecule has 3 aliphatic heterocycles. The molecule has 39 heteroatoms. The number of para-hydroxylation sites is 1. The highest BCUT2D eigenvalue weighted by Gasteiger charge is 2.44. The maximum Gasteiger partial charge on any atom is 0.305 e. The third-order valence-electron chi connectivity index (χ3n) is 14.3. The van der Waals surface area contributed by atoms with Crippen molar-refractivity contribution in [3.63, 3.8) is 0 Å². The zero-order valence-electron chi connectivity index (χ0n) is 50.3. The largest absolute Gasteiger partial charge is 0.481 e. The van der Waals surface area contributed by atoms with Gasteiger partial charge in [0.25, 0.3) is 0 Å². The van der Waals surface area contributed by atoms with Crippen LogP contribution in [0.1, 0.15) is 57.6 Å². The molecule has 11 atom stereocenters. The third kappa shape index (κ3) is 22.8. The molecule has 1 aromatic heterocycles. The number of hydrogen-bond acceptors (Lipinski definition) is 21. The van der Waals surface area contributed by atoms with Crippen molar-refractivity contribution in [1.82, 2.24) is 63.1 Å². The summed E-state index contributed by atoms with van der Waals surface area (Å²) in [5.41, 5.74) is 34.2. The fourth-order valence-electron chi connectivity index (χ4n) is 9.55. The van der Waals surface area contributed by atoms with Crippen molar-refractivity contribution in [3.8, 4) is 0 Å². The summed E-state index contributed by atoms with van der Waals surface area (Å²) in [5.74, 6) is -14.2. The third-order valence-corrected chi connectivity index (χ3v) is 22.0. The predicted molar refractivity (Wildman–Crippen MR) is 344 cm³/mol. The molecule has 0 aliphatic carbocycles. The van der Waals surface area contributed by atoms with Gasteiger partial charge in [0.15, 0.2) is 14.7 Å². The molecule has 2 bridgehead atoms. The smallest absolute Gasteiger partial charge is 0.305 e. The average molecular weight is 1370 g/mol. The van der Waals surface area contributed by atoms with E-state index in [1.54, 1.807) is 36.6 Å². The lowest BCUT2D eigenvalue weighted by molar-refractivity contribution is -0.146. The molecule has 92 heavy (non-hydrogen) atoms. The Labute approximate surface area is 544 Å². The lowest BCUT2D eigenvalue weighted by Gasteiger charge is -2.33. The van der Waals surface area contributed by atoms with Crippen LogP contribution in [0.4, 0.5) is 0 Å². The van der Waals surface area contributed by atoms with Crippen LogP contribution in [0, 0.1) is 0 Å². The van der Waals surface area contributed by atoms with Crippen LogP contribution in [0.3, 0.4) is 0 Å². The number of fused-ring (bicyclic) bond motifs is 5. The lowest BCUT2D eigenvalue weighted by Crippen LogP contribution is -2.61. The molecule has 1 aromatic carbocycles. The molecule has 506 valence electrons. The number of hydrogen-bond donors (Lipinski definition) is 19. The standard InChI is InChI=1S/C53H80N20O15S4/c1-25(41(79)68-31(17-27-16-26-8-3-4-9-28(26)64-27)44(82)66-29(10-5-13-60-51(56)57)42(80)62-20-38(55)75)63-46(84)35-23-91-53(89-2)90-22-34(65-39(76)19-54)47(85)72-36(24-92-53)48(86)70-33(21-74)45(83)69-32(18-40(77)78)50(88)73-15-7-12-37(73)49(87)67-30(43(81)71-35)11-6-14-61-52(58)59/h3-4,8-9,16,25,29-37,64,74H,5-7,10-15,17-24,54H2,1-2H3,(H2,55,75)(H,62,80)(H,63,84)(H,65,76)(H,66,82)(H,67,87)(H,68,79)(H,69,83)(H,70,86)(H,71,81)(H,72,85)(H,77,78)(H4,56,57,60)(H4,58,59,61)/t25-,29-,30-,31-,32-,33-,34-,35-,36-,37?,53?/m0/s1. The summed E-state index contributed by atoms with van der Waals surface area (Å²) >= 11 is 4.33. The number of benzene rings is 1. The minimum absolute atomic E-state index is 0.00157. The Balaban J connectivity index is 1.57. The van der Waals surface area contributed by atoms with Crippen molar-refractivity contribution in [1.29, 1.82) is 0 Å². The highest BCUT2D eigenvalue weighted by atomic mass is 32.3. The number of aliphatic hydroxyl groups is 1. The molecule has 0 radical (unpaired) electrons. The maximum absolute atomic E-state index is 15.0. The molecule has 25 N–H and O–H groups in total. The Morgan fingerprint density at radius 3 is 2.05 bits per heavy atom. The summed E-state index contributed by atoms with van der Waals surface area (Å²) in [5, 5.41) is 46.4. The number of carbonyl (C=O) groups is 13. The number of nitrogens with one attached hydrogen (secondary N) is 11. The van der Waals surface area contributed by atoms with E-state index >= 15 is 0 Å². The van der Waals surface area contributed by atoms with Crippen molar-refractivity contribution in [2.45, 2.75) is 121 Å². The van der Waals surface area contributed by atoms with E-state index in [9.17, 15) is 72.5 Å². The van der Waals surface area contributed by atoms with E-state index in [1.165, 1.54) is 6.92 Å². The first-order valence-corrected chi connectivity index (χ1v) is 33.1. The number of aliphatic hydroxyl groups excluding tert-OH is 1. The number of aromatic amines is 1. The van der Waals surface area contributed by atoms with Gasteiger partial charge in [-0.15, -0.1) is 47.0 Å². The van der Waals surface area contributed by atoms with Gasteiger partial charge in [0.05, 0.1) is 26.1 Å².